The number of methoxy groups -OCH3 is 2. The molecular formula is C35H28F7N3O5S. The molecule has 8 nitrogen and oxygen atoms in total. The van der Waals surface area contributed by atoms with Gasteiger partial charge in [-0.15, -0.1) is 11.8 Å². The highest BCUT2D eigenvalue weighted by Crippen LogP contribution is 2.39. The van der Waals surface area contributed by atoms with E-state index in [-0.39, 0.29) is 29.1 Å². The summed E-state index contributed by atoms with van der Waals surface area (Å²) in [4.78, 5) is 39.9. The quantitative estimate of drug-likeness (QED) is 0.0587. The lowest BCUT2D eigenvalue weighted by Gasteiger charge is -2.18. The van der Waals surface area contributed by atoms with Crippen LogP contribution in [0.4, 0.5) is 42.1 Å². The molecule has 1 atom stereocenters. The molecule has 3 N–H and O–H groups in total. The van der Waals surface area contributed by atoms with Gasteiger partial charge in [-0.05, 0) is 48.9 Å². The van der Waals surface area contributed by atoms with Gasteiger partial charge in [-0.2, -0.15) is 13.2 Å². The first-order valence-electron chi connectivity index (χ1n) is 14.8. The Hall–Kier alpha value is -5.51. The fourth-order valence-corrected chi connectivity index (χ4v) is 5.66. The second kappa shape index (κ2) is 16.5. The van der Waals surface area contributed by atoms with Crippen LogP contribution >= 0.6 is 11.8 Å². The second-order valence-corrected chi connectivity index (χ2v) is 11.7. The predicted molar refractivity (Wildman–Crippen MR) is 176 cm³/mol. The van der Waals surface area contributed by atoms with Crippen molar-refractivity contribution < 1.29 is 54.6 Å². The minimum absolute atomic E-state index is 0.0112. The second-order valence-electron chi connectivity index (χ2n) is 10.5. The standard InChI is InChI=1S/C35H28F7N3O5S/c1-4-24(34(48)45-30-28(38)26(36)25(35(40,41)42)27(37)29(30)39)51-21-14-9-13-20(17-21)43-33(47)22(44-32(46)18-10-6-5-7-11-18)16-19-12-8-15-23(49-2)31(19)50-3/h5-17,24H,4H2,1-3H3,(H,43,47)(H,44,46)(H,45,48)/b22-16+. The third-order valence-electron chi connectivity index (χ3n) is 7.09. The van der Waals surface area contributed by atoms with E-state index >= 15 is 0 Å². The molecule has 16 heteroatoms. The number of halogens is 7. The molecule has 0 spiro atoms. The van der Waals surface area contributed by atoms with E-state index in [0.717, 1.165) is 11.8 Å². The minimum Gasteiger partial charge on any atom is -0.493 e. The van der Waals surface area contributed by atoms with Crippen molar-refractivity contribution in [3.05, 3.63) is 118 Å². The number of ether oxygens (including phenoxy) is 2. The number of nitrogens with one attached hydrogen (secondary N) is 3. The Balaban J connectivity index is 1.58. The van der Waals surface area contributed by atoms with E-state index in [1.807, 2.05) is 0 Å². The van der Waals surface area contributed by atoms with E-state index in [1.165, 1.54) is 51.5 Å². The van der Waals surface area contributed by atoms with E-state index in [4.69, 9.17) is 9.47 Å². The van der Waals surface area contributed by atoms with Gasteiger partial charge >= 0.3 is 6.18 Å². The first-order valence-corrected chi connectivity index (χ1v) is 15.7. The molecule has 0 aromatic heterocycles. The minimum atomic E-state index is -5.74. The SMILES string of the molecule is CCC(Sc1cccc(NC(=O)/C(=C\c2cccc(OC)c2OC)NC(=O)c2ccccc2)c1)C(=O)Nc1c(F)c(F)c(C(F)(F)F)c(F)c1F. The zero-order valence-electron chi connectivity index (χ0n) is 26.9. The summed E-state index contributed by atoms with van der Waals surface area (Å²) < 4.78 is 107. The summed E-state index contributed by atoms with van der Waals surface area (Å²) in [6.45, 7) is 1.50. The van der Waals surface area contributed by atoms with Crippen LogP contribution in [0.25, 0.3) is 6.08 Å². The van der Waals surface area contributed by atoms with Gasteiger partial charge < -0.3 is 25.4 Å². The van der Waals surface area contributed by atoms with Crippen molar-refractivity contribution in [2.24, 2.45) is 0 Å². The average molecular weight is 736 g/mol. The lowest BCUT2D eigenvalue weighted by molar-refractivity contribution is -0.143. The van der Waals surface area contributed by atoms with Crippen LogP contribution in [0.15, 0.2) is 83.4 Å². The Labute approximate surface area is 291 Å². The fourth-order valence-electron chi connectivity index (χ4n) is 4.65. The van der Waals surface area contributed by atoms with Gasteiger partial charge in [0, 0.05) is 21.7 Å². The summed E-state index contributed by atoms with van der Waals surface area (Å²) >= 11 is 0.822. The molecule has 1 unspecified atom stereocenters. The van der Waals surface area contributed by atoms with Gasteiger partial charge in [0.2, 0.25) is 5.91 Å². The van der Waals surface area contributed by atoms with Crippen LogP contribution in [0.1, 0.15) is 34.8 Å². The Morgan fingerprint density at radius 3 is 2.06 bits per heavy atom. The number of alkyl halides is 3. The summed E-state index contributed by atoms with van der Waals surface area (Å²) in [7, 11) is 2.83. The van der Waals surface area contributed by atoms with Crippen LogP contribution in [0.3, 0.4) is 0 Å². The smallest absolute Gasteiger partial charge is 0.422 e. The monoisotopic (exact) mass is 735 g/mol. The first kappa shape index (κ1) is 38.3. The molecule has 4 aromatic carbocycles. The number of hydrogen-bond donors (Lipinski definition) is 3. The fraction of sp³-hybridized carbons (Fsp3) is 0.171. The van der Waals surface area contributed by atoms with Gasteiger partial charge in [0.25, 0.3) is 11.8 Å². The molecule has 268 valence electrons. The Kier molecular flexibility index (Phi) is 12.4. The summed E-state index contributed by atoms with van der Waals surface area (Å²) in [6.07, 6.45) is -4.38. The maximum Gasteiger partial charge on any atom is 0.422 e. The van der Waals surface area contributed by atoms with E-state index in [0.29, 0.717) is 16.2 Å². The number of benzene rings is 4. The highest BCUT2D eigenvalue weighted by molar-refractivity contribution is 8.00. The van der Waals surface area contributed by atoms with Crippen molar-refractivity contribution in [1.29, 1.82) is 0 Å². The lowest BCUT2D eigenvalue weighted by atomic mass is 10.1. The van der Waals surface area contributed by atoms with E-state index in [9.17, 15) is 45.1 Å². The summed E-state index contributed by atoms with van der Waals surface area (Å²) in [5.41, 5.74) is -3.85. The van der Waals surface area contributed by atoms with Gasteiger partial charge in [0.05, 0.1) is 19.5 Å². The number of carbonyl (C=O) groups excluding carboxylic acids is 3. The molecule has 0 aliphatic carbocycles. The van der Waals surface area contributed by atoms with Crippen LogP contribution < -0.4 is 25.4 Å². The molecule has 0 fully saturated rings. The number of rotatable bonds is 12. The van der Waals surface area contributed by atoms with E-state index < -0.39 is 63.7 Å². The molecule has 0 heterocycles. The molecule has 0 radical (unpaired) electrons. The summed E-state index contributed by atoms with van der Waals surface area (Å²) in [6, 6.07) is 18.9. The topological polar surface area (TPSA) is 106 Å². The van der Waals surface area contributed by atoms with Crippen LogP contribution in [0.5, 0.6) is 11.5 Å². The number of hydrogen-bond acceptors (Lipinski definition) is 6. The molecule has 0 aliphatic rings. The van der Waals surface area contributed by atoms with Gasteiger partial charge in [-0.1, -0.05) is 43.3 Å². The number of thioether (sulfide) groups is 1. The van der Waals surface area contributed by atoms with Crippen molar-refractivity contribution in [2.75, 3.05) is 24.9 Å². The van der Waals surface area contributed by atoms with Crippen molar-refractivity contribution in [3.8, 4) is 11.5 Å². The van der Waals surface area contributed by atoms with Gasteiger partial charge in [0.15, 0.2) is 34.8 Å². The zero-order chi connectivity index (χ0) is 37.5. The largest absolute Gasteiger partial charge is 0.493 e. The average Bonchev–Trinajstić information content (AvgIpc) is 3.10. The van der Waals surface area contributed by atoms with E-state index in [1.54, 1.807) is 53.8 Å². The Bertz CT molecular complexity index is 1940. The van der Waals surface area contributed by atoms with Crippen LogP contribution in [0, 0.1) is 23.3 Å². The molecule has 0 saturated carbocycles. The number of amides is 3. The molecule has 51 heavy (non-hydrogen) atoms. The molecule has 4 aromatic rings. The first-order chi connectivity index (χ1) is 24.2. The number of para-hydroxylation sites is 1. The predicted octanol–water partition coefficient (Wildman–Crippen LogP) is 8.20. The summed E-state index contributed by atoms with van der Waals surface area (Å²) in [5.74, 6) is -12.2. The maximum absolute atomic E-state index is 14.4. The highest BCUT2D eigenvalue weighted by atomic mass is 32.2. The zero-order valence-corrected chi connectivity index (χ0v) is 27.7. The third kappa shape index (κ3) is 9.00. The van der Waals surface area contributed by atoms with Crippen LogP contribution in [-0.2, 0) is 15.8 Å². The Morgan fingerprint density at radius 1 is 0.824 bits per heavy atom. The number of anilines is 2. The van der Waals surface area contributed by atoms with Gasteiger partial charge in [0.1, 0.15) is 16.9 Å². The Morgan fingerprint density at radius 2 is 1.47 bits per heavy atom. The van der Waals surface area contributed by atoms with Crippen molar-refractivity contribution in [3.63, 3.8) is 0 Å². The van der Waals surface area contributed by atoms with E-state index in [2.05, 4.69) is 10.6 Å². The van der Waals surface area contributed by atoms with Gasteiger partial charge in [-0.3, -0.25) is 14.4 Å². The highest BCUT2D eigenvalue weighted by Gasteiger charge is 2.42. The molecular weight excluding hydrogens is 707 g/mol. The van der Waals surface area contributed by atoms with Crippen LogP contribution in [0.2, 0.25) is 0 Å². The van der Waals surface area contributed by atoms with Crippen molar-refractivity contribution in [2.45, 2.75) is 29.7 Å². The van der Waals surface area contributed by atoms with Crippen molar-refractivity contribution >= 4 is 46.9 Å². The van der Waals surface area contributed by atoms with Gasteiger partial charge in [-0.25, -0.2) is 17.6 Å². The molecule has 0 saturated heterocycles. The molecule has 3 amide bonds. The van der Waals surface area contributed by atoms with Crippen molar-refractivity contribution in [1.82, 2.24) is 5.32 Å². The maximum atomic E-state index is 14.4. The normalized spacial score (nSPS) is 12.2. The molecule has 0 bridgehead atoms. The number of carbonyl (C=O) groups is 3. The molecule has 4 rings (SSSR count). The lowest BCUT2D eigenvalue weighted by Crippen LogP contribution is -2.30. The third-order valence-corrected chi connectivity index (χ3v) is 8.45. The summed E-state index contributed by atoms with van der Waals surface area (Å²) in [5, 5.41) is 5.71. The molecule has 0 aliphatic heterocycles. The van der Waals surface area contributed by atoms with Crippen LogP contribution in [-0.4, -0.2) is 37.2 Å².